The molecule has 2 heterocycles. The summed E-state index contributed by atoms with van der Waals surface area (Å²) >= 11 is 0. The van der Waals surface area contributed by atoms with Gasteiger partial charge in [0.1, 0.15) is 12.2 Å². The Morgan fingerprint density at radius 1 is 1.57 bits per heavy atom. The van der Waals surface area contributed by atoms with Crippen LogP contribution in [0, 0.1) is 0 Å². The lowest BCUT2D eigenvalue weighted by Crippen LogP contribution is -2.26. The van der Waals surface area contributed by atoms with Crippen molar-refractivity contribution in [3.8, 4) is 0 Å². The third-order valence-corrected chi connectivity index (χ3v) is 3.69. The van der Waals surface area contributed by atoms with E-state index >= 15 is 0 Å². The summed E-state index contributed by atoms with van der Waals surface area (Å²) in [6.07, 6.45) is 1.49. The summed E-state index contributed by atoms with van der Waals surface area (Å²) in [4.78, 5) is 18.4. The quantitative estimate of drug-likeness (QED) is 0.742. The van der Waals surface area contributed by atoms with Crippen LogP contribution in [0.3, 0.4) is 0 Å². The fourth-order valence-electron chi connectivity index (χ4n) is 2.68. The van der Waals surface area contributed by atoms with E-state index in [0.29, 0.717) is 5.56 Å². The number of nitrogens with zero attached hydrogens (tertiary/aromatic N) is 3. The number of H-pyrrole nitrogens is 1. The number of fused-ring (bicyclic) bond motifs is 1. The maximum atomic E-state index is 12.0. The van der Waals surface area contributed by atoms with E-state index in [9.17, 15) is 4.79 Å². The number of aromatic nitrogens is 3. The molecule has 1 aromatic carbocycles. The Balaban J connectivity index is 1.93. The van der Waals surface area contributed by atoms with Crippen LogP contribution < -0.4 is 10.2 Å². The van der Waals surface area contributed by atoms with Gasteiger partial charge in [-0.05, 0) is 23.8 Å². The fourth-order valence-corrected chi connectivity index (χ4v) is 2.68. The predicted molar refractivity (Wildman–Crippen MR) is 77.4 cm³/mol. The second-order valence-electron chi connectivity index (χ2n) is 5.06. The molecule has 0 fully saturated rings. The maximum Gasteiger partial charge on any atom is 0.251 e. The number of anilines is 1. The van der Waals surface area contributed by atoms with E-state index in [4.69, 9.17) is 5.11 Å². The molecular formula is C14H17N5O2. The van der Waals surface area contributed by atoms with Gasteiger partial charge in [-0.15, -0.1) is 0 Å². The molecule has 1 atom stereocenters. The van der Waals surface area contributed by atoms with Gasteiger partial charge in [-0.2, -0.15) is 5.10 Å². The molecular weight excluding hydrogens is 270 g/mol. The average Bonchev–Trinajstić information content (AvgIpc) is 3.12. The zero-order chi connectivity index (χ0) is 14.8. The molecule has 0 unspecified atom stereocenters. The predicted octanol–water partition coefficient (Wildman–Crippen LogP) is 0.109. The van der Waals surface area contributed by atoms with Crippen molar-refractivity contribution in [2.45, 2.75) is 5.92 Å². The number of amides is 1. The van der Waals surface area contributed by atoms with E-state index in [0.717, 1.165) is 23.6 Å². The smallest absolute Gasteiger partial charge is 0.251 e. The van der Waals surface area contributed by atoms with Crippen molar-refractivity contribution in [2.24, 2.45) is 0 Å². The molecule has 1 amide bonds. The van der Waals surface area contributed by atoms with Gasteiger partial charge in [-0.1, -0.05) is 0 Å². The second-order valence-corrected chi connectivity index (χ2v) is 5.06. The highest BCUT2D eigenvalue weighted by Gasteiger charge is 2.30. The third kappa shape index (κ3) is 2.47. The molecule has 0 radical (unpaired) electrons. The van der Waals surface area contributed by atoms with Crippen molar-refractivity contribution in [3.05, 3.63) is 41.5 Å². The van der Waals surface area contributed by atoms with Crippen LogP contribution >= 0.6 is 0 Å². The number of carbonyl (C=O) groups is 1. The Labute approximate surface area is 122 Å². The third-order valence-electron chi connectivity index (χ3n) is 3.69. The molecule has 110 valence electrons. The monoisotopic (exact) mass is 287 g/mol. The van der Waals surface area contributed by atoms with Gasteiger partial charge < -0.3 is 15.3 Å². The zero-order valence-electron chi connectivity index (χ0n) is 11.7. The van der Waals surface area contributed by atoms with Crippen LogP contribution in [0.5, 0.6) is 0 Å². The van der Waals surface area contributed by atoms with Crippen molar-refractivity contribution < 1.29 is 9.90 Å². The van der Waals surface area contributed by atoms with Crippen LogP contribution in [0.25, 0.3) is 0 Å². The topological polar surface area (TPSA) is 94.1 Å². The maximum absolute atomic E-state index is 12.0. The molecule has 1 aliphatic rings. The fraction of sp³-hybridized carbons (Fsp3) is 0.357. The van der Waals surface area contributed by atoms with E-state index < -0.39 is 0 Å². The van der Waals surface area contributed by atoms with Gasteiger partial charge in [0.2, 0.25) is 0 Å². The van der Waals surface area contributed by atoms with Gasteiger partial charge in [-0.25, -0.2) is 4.98 Å². The lowest BCUT2D eigenvalue weighted by Gasteiger charge is -2.11. The molecule has 0 saturated heterocycles. The Morgan fingerprint density at radius 2 is 2.43 bits per heavy atom. The average molecular weight is 287 g/mol. The molecule has 0 bridgehead atoms. The van der Waals surface area contributed by atoms with Crippen molar-refractivity contribution in [2.75, 3.05) is 31.6 Å². The highest BCUT2D eigenvalue weighted by Crippen LogP contribution is 2.38. The normalized spacial score (nSPS) is 16.9. The summed E-state index contributed by atoms with van der Waals surface area (Å²) in [6.45, 7) is 0.980. The Hall–Kier alpha value is -2.41. The minimum atomic E-state index is -0.183. The molecule has 21 heavy (non-hydrogen) atoms. The standard InChI is InChI=1S/C14H17N5O2/c1-19-7-11(13-16-8-17-18-13)10-6-9(2-3-12(10)19)14(21)15-4-5-20/h2-3,6,8,11,20H,4-5,7H2,1H3,(H,15,21)(H,16,17,18)/t11-/m0/s1. The van der Waals surface area contributed by atoms with Crippen LogP contribution in [-0.4, -0.2) is 52.9 Å². The summed E-state index contributed by atoms with van der Waals surface area (Å²) in [7, 11) is 2.01. The van der Waals surface area contributed by atoms with Crippen LogP contribution in [-0.2, 0) is 0 Å². The second kappa shape index (κ2) is 5.53. The van der Waals surface area contributed by atoms with Crippen molar-refractivity contribution >= 4 is 11.6 Å². The first-order chi connectivity index (χ1) is 10.2. The zero-order valence-corrected chi connectivity index (χ0v) is 11.7. The molecule has 0 spiro atoms. The number of aliphatic hydroxyl groups is 1. The van der Waals surface area contributed by atoms with E-state index in [-0.39, 0.29) is 25.0 Å². The van der Waals surface area contributed by atoms with Crippen molar-refractivity contribution in [1.29, 1.82) is 0 Å². The van der Waals surface area contributed by atoms with Crippen LogP contribution in [0.1, 0.15) is 27.7 Å². The van der Waals surface area contributed by atoms with Gasteiger partial charge in [0.15, 0.2) is 0 Å². The van der Waals surface area contributed by atoms with Crippen LogP contribution in [0.2, 0.25) is 0 Å². The number of aromatic amines is 1. The molecule has 1 aliphatic heterocycles. The molecule has 3 N–H and O–H groups in total. The van der Waals surface area contributed by atoms with Crippen LogP contribution in [0.4, 0.5) is 5.69 Å². The number of hydrogen-bond donors (Lipinski definition) is 3. The van der Waals surface area contributed by atoms with Gasteiger partial charge in [0.05, 0.1) is 12.5 Å². The first-order valence-corrected chi connectivity index (χ1v) is 6.80. The number of aliphatic hydroxyl groups excluding tert-OH is 1. The Kier molecular flexibility index (Phi) is 3.57. The molecule has 7 heteroatoms. The lowest BCUT2D eigenvalue weighted by molar-refractivity contribution is 0.0944. The van der Waals surface area contributed by atoms with E-state index in [1.807, 2.05) is 19.2 Å². The van der Waals surface area contributed by atoms with Gasteiger partial charge in [0, 0.05) is 31.4 Å². The van der Waals surface area contributed by atoms with Gasteiger partial charge in [-0.3, -0.25) is 9.89 Å². The van der Waals surface area contributed by atoms with E-state index in [2.05, 4.69) is 25.4 Å². The first kappa shape index (κ1) is 13.6. The number of carbonyl (C=O) groups excluding carboxylic acids is 1. The highest BCUT2D eigenvalue weighted by molar-refractivity contribution is 5.95. The lowest BCUT2D eigenvalue weighted by atomic mass is 9.98. The molecule has 0 saturated carbocycles. The Morgan fingerprint density at radius 3 is 3.14 bits per heavy atom. The highest BCUT2D eigenvalue weighted by atomic mass is 16.3. The number of benzene rings is 1. The van der Waals surface area contributed by atoms with Gasteiger partial charge >= 0.3 is 0 Å². The molecule has 7 nitrogen and oxygen atoms in total. The Bertz CT molecular complexity index is 641. The number of likely N-dealkylation sites (N-methyl/N-ethyl adjacent to an activating group) is 1. The largest absolute Gasteiger partial charge is 0.395 e. The van der Waals surface area contributed by atoms with Crippen LogP contribution in [0.15, 0.2) is 24.5 Å². The summed E-state index contributed by atoms with van der Waals surface area (Å²) in [5, 5.41) is 18.2. The summed E-state index contributed by atoms with van der Waals surface area (Å²) in [5.41, 5.74) is 2.74. The number of rotatable bonds is 4. The molecule has 1 aromatic heterocycles. The summed E-state index contributed by atoms with van der Waals surface area (Å²) in [5.74, 6) is 0.698. The van der Waals surface area contributed by atoms with Gasteiger partial charge in [0.25, 0.3) is 5.91 Å². The summed E-state index contributed by atoms with van der Waals surface area (Å²) < 4.78 is 0. The SMILES string of the molecule is CN1C[C@H](c2ncn[nH]2)c2cc(C(=O)NCCO)ccc21. The molecule has 3 rings (SSSR count). The minimum absolute atomic E-state index is 0.0693. The summed E-state index contributed by atoms with van der Waals surface area (Å²) in [6, 6.07) is 5.63. The molecule has 2 aromatic rings. The minimum Gasteiger partial charge on any atom is -0.395 e. The first-order valence-electron chi connectivity index (χ1n) is 6.80. The van der Waals surface area contributed by atoms with E-state index in [1.165, 1.54) is 6.33 Å². The van der Waals surface area contributed by atoms with E-state index in [1.54, 1.807) is 6.07 Å². The van der Waals surface area contributed by atoms with Crippen molar-refractivity contribution in [3.63, 3.8) is 0 Å². The number of hydrogen-bond acceptors (Lipinski definition) is 5. The molecule has 0 aliphatic carbocycles. The van der Waals surface area contributed by atoms with Crippen molar-refractivity contribution in [1.82, 2.24) is 20.5 Å². The number of nitrogens with one attached hydrogen (secondary N) is 2.